The van der Waals surface area contributed by atoms with Crippen molar-refractivity contribution in [2.45, 2.75) is 31.8 Å². The molecule has 0 bridgehead atoms. The summed E-state index contributed by atoms with van der Waals surface area (Å²) in [6.07, 6.45) is 4.00. The van der Waals surface area contributed by atoms with E-state index in [0.29, 0.717) is 0 Å². The SMILES string of the molecule is COc1ccc([N+](=O)[O-])cc1C(=O)NOC1CCCC1. The minimum atomic E-state index is -0.561. The number of nitrogens with one attached hydrogen (secondary N) is 1. The molecule has 1 aromatic rings. The first-order valence-electron chi connectivity index (χ1n) is 6.40. The van der Waals surface area contributed by atoms with Crippen LogP contribution >= 0.6 is 0 Å². The molecule has 1 aliphatic carbocycles. The van der Waals surface area contributed by atoms with Gasteiger partial charge in [0.05, 0.1) is 23.7 Å². The van der Waals surface area contributed by atoms with Crippen molar-refractivity contribution in [3.05, 3.63) is 33.9 Å². The minimum Gasteiger partial charge on any atom is -0.496 e. The summed E-state index contributed by atoms with van der Waals surface area (Å²) in [6, 6.07) is 3.85. The number of hydrogen-bond acceptors (Lipinski definition) is 5. The van der Waals surface area contributed by atoms with Crippen LogP contribution in [0.4, 0.5) is 5.69 Å². The first-order valence-corrected chi connectivity index (χ1v) is 6.40. The van der Waals surface area contributed by atoms with Crippen LogP contribution in [0.25, 0.3) is 0 Å². The van der Waals surface area contributed by atoms with Crippen molar-refractivity contribution in [1.82, 2.24) is 5.48 Å². The smallest absolute Gasteiger partial charge is 0.278 e. The molecule has 1 aliphatic rings. The lowest BCUT2D eigenvalue weighted by Crippen LogP contribution is -2.28. The predicted octanol–water partition coefficient (Wildman–Crippen LogP) is 2.21. The molecule has 1 fully saturated rings. The Bertz CT molecular complexity index is 511. The normalized spacial score (nSPS) is 15.1. The summed E-state index contributed by atoms with van der Waals surface area (Å²) in [5.41, 5.74) is 2.25. The van der Waals surface area contributed by atoms with E-state index in [1.165, 1.54) is 25.3 Å². The highest BCUT2D eigenvalue weighted by molar-refractivity contribution is 5.96. The molecule has 0 saturated heterocycles. The number of hydroxylamine groups is 1. The van der Waals surface area contributed by atoms with Gasteiger partial charge in [-0.3, -0.25) is 19.7 Å². The summed E-state index contributed by atoms with van der Waals surface area (Å²) in [5, 5.41) is 10.7. The van der Waals surface area contributed by atoms with E-state index in [4.69, 9.17) is 9.57 Å². The first-order chi connectivity index (χ1) is 9.61. The maximum Gasteiger partial charge on any atom is 0.278 e. The molecule has 7 heteroatoms. The molecule has 1 N–H and O–H groups in total. The Morgan fingerprint density at radius 3 is 2.70 bits per heavy atom. The van der Waals surface area contributed by atoms with Crippen molar-refractivity contribution >= 4 is 11.6 Å². The molecule has 0 aliphatic heterocycles. The number of amides is 1. The number of rotatable bonds is 5. The van der Waals surface area contributed by atoms with Gasteiger partial charge in [0.15, 0.2) is 0 Å². The summed E-state index contributed by atoms with van der Waals surface area (Å²) < 4.78 is 5.03. The van der Waals surface area contributed by atoms with Crippen molar-refractivity contribution in [2.75, 3.05) is 7.11 Å². The monoisotopic (exact) mass is 280 g/mol. The number of carbonyl (C=O) groups excluding carboxylic acids is 1. The van der Waals surface area contributed by atoms with Gasteiger partial charge in [0.2, 0.25) is 0 Å². The molecule has 0 heterocycles. The van der Waals surface area contributed by atoms with E-state index in [1.54, 1.807) is 0 Å². The van der Waals surface area contributed by atoms with Crippen LogP contribution in [-0.2, 0) is 4.84 Å². The lowest BCUT2D eigenvalue weighted by atomic mass is 10.1. The number of methoxy groups -OCH3 is 1. The molecule has 1 amide bonds. The number of ether oxygens (including phenoxy) is 1. The van der Waals surface area contributed by atoms with E-state index in [2.05, 4.69) is 5.48 Å². The van der Waals surface area contributed by atoms with E-state index in [0.717, 1.165) is 25.7 Å². The number of nitro benzene ring substituents is 1. The lowest BCUT2D eigenvalue weighted by Gasteiger charge is -2.12. The summed E-state index contributed by atoms with van der Waals surface area (Å²) in [7, 11) is 1.40. The zero-order valence-corrected chi connectivity index (χ0v) is 11.1. The Hall–Kier alpha value is -2.15. The van der Waals surface area contributed by atoms with Gasteiger partial charge >= 0.3 is 0 Å². The molecule has 0 aromatic heterocycles. The number of non-ortho nitro benzene ring substituents is 1. The van der Waals surface area contributed by atoms with Gasteiger partial charge < -0.3 is 4.74 Å². The van der Waals surface area contributed by atoms with Crippen molar-refractivity contribution in [1.29, 1.82) is 0 Å². The summed E-state index contributed by atoms with van der Waals surface area (Å²) in [4.78, 5) is 27.5. The maximum atomic E-state index is 12.0. The van der Waals surface area contributed by atoms with Crippen LogP contribution < -0.4 is 10.2 Å². The van der Waals surface area contributed by atoms with Gasteiger partial charge in [0.1, 0.15) is 5.75 Å². The highest BCUT2D eigenvalue weighted by atomic mass is 16.7. The highest BCUT2D eigenvalue weighted by Crippen LogP contribution is 2.24. The van der Waals surface area contributed by atoms with Crippen LogP contribution in [0, 0.1) is 10.1 Å². The highest BCUT2D eigenvalue weighted by Gasteiger charge is 2.20. The fourth-order valence-corrected chi connectivity index (χ4v) is 2.19. The van der Waals surface area contributed by atoms with Crippen molar-refractivity contribution in [2.24, 2.45) is 0 Å². The molecule has 0 spiro atoms. The quantitative estimate of drug-likeness (QED) is 0.659. The fraction of sp³-hybridized carbons (Fsp3) is 0.462. The van der Waals surface area contributed by atoms with Crippen molar-refractivity contribution < 1.29 is 19.3 Å². The third kappa shape index (κ3) is 3.24. The van der Waals surface area contributed by atoms with Crippen molar-refractivity contribution in [3.63, 3.8) is 0 Å². The third-order valence-electron chi connectivity index (χ3n) is 3.26. The Kier molecular flexibility index (Phi) is 4.52. The number of nitro groups is 1. The van der Waals surface area contributed by atoms with Gasteiger partial charge in [-0.2, -0.15) is 0 Å². The van der Waals surface area contributed by atoms with Crippen molar-refractivity contribution in [3.8, 4) is 5.75 Å². The molecular formula is C13H16N2O5. The molecule has 0 radical (unpaired) electrons. The van der Waals surface area contributed by atoms with Gasteiger partial charge in [0, 0.05) is 12.1 Å². The van der Waals surface area contributed by atoms with Crippen LogP contribution in [0.15, 0.2) is 18.2 Å². The Morgan fingerprint density at radius 1 is 1.40 bits per heavy atom. The first kappa shape index (κ1) is 14.3. The third-order valence-corrected chi connectivity index (χ3v) is 3.26. The summed E-state index contributed by atoms with van der Waals surface area (Å²) >= 11 is 0. The Labute approximate surface area is 116 Å². The number of nitrogens with zero attached hydrogens (tertiary/aromatic N) is 1. The second-order valence-corrected chi connectivity index (χ2v) is 4.60. The molecule has 2 rings (SSSR count). The zero-order chi connectivity index (χ0) is 14.5. The van der Waals surface area contributed by atoms with E-state index >= 15 is 0 Å². The largest absolute Gasteiger partial charge is 0.496 e. The molecule has 0 atom stereocenters. The maximum absolute atomic E-state index is 12.0. The van der Waals surface area contributed by atoms with Gasteiger partial charge in [-0.25, -0.2) is 5.48 Å². The summed E-state index contributed by atoms with van der Waals surface area (Å²) in [6.45, 7) is 0. The molecule has 1 saturated carbocycles. The van der Waals surface area contributed by atoms with Gasteiger partial charge in [-0.05, 0) is 18.9 Å². The van der Waals surface area contributed by atoms with Gasteiger partial charge in [-0.15, -0.1) is 0 Å². The van der Waals surface area contributed by atoms with Crippen LogP contribution in [0.1, 0.15) is 36.0 Å². The number of benzene rings is 1. The van der Waals surface area contributed by atoms with E-state index < -0.39 is 10.8 Å². The fourth-order valence-electron chi connectivity index (χ4n) is 2.19. The van der Waals surface area contributed by atoms with Crippen LogP contribution in [0.3, 0.4) is 0 Å². The van der Waals surface area contributed by atoms with Gasteiger partial charge in [0.25, 0.3) is 11.6 Å². The molecule has 0 unspecified atom stereocenters. The molecular weight excluding hydrogens is 264 g/mol. The van der Waals surface area contributed by atoms with E-state index in [9.17, 15) is 14.9 Å². The van der Waals surface area contributed by atoms with E-state index in [1.807, 2.05) is 0 Å². The minimum absolute atomic E-state index is 0.0173. The van der Waals surface area contributed by atoms with Gasteiger partial charge in [-0.1, -0.05) is 12.8 Å². The topological polar surface area (TPSA) is 90.7 Å². The molecule has 7 nitrogen and oxygen atoms in total. The van der Waals surface area contributed by atoms with Crippen LogP contribution in [0.2, 0.25) is 0 Å². The molecule has 20 heavy (non-hydrogen) atoms. The predicted molar refractivity (Wildman–Crippen MR) is 70.5 cm³/mol. The second-order valence-electron chi connectivity index (χ2n) is 4.60. The Balaban J connectivity index is 2.10. The average molecular weight is 280 g/mol. The van der Waals surface area contributed by atoms with Crippen LogP contribution in [-0.4, -0.2) is 24.0 Å². The second kappa shape index (κ2) is 6.33. The lowest BCUT2D eigenvalue weighted by molar-refractivity contribution is -0.384. The zero-order valence-electron chi connectivity index (χ0n) is 11.1. The Morgan fingerprint density at radius 2 is 2.10 bits per heavy atom. The number of hydrogen-bond donors (Lipinski definition) is 1. The van der Waals surface area contributed by atoms with E-state index in [-0.39, 0.29) is 23.1 Å². The average Bonchev–Trinajstić information content (AvgIpc) is 2.97. The van der Waals surface area contributed by atoms with Crippen LogP contribution in [0.5, 0.6) is 5.75 Å². The summed E-state index contributed by atoms with van der Waals surface area (Å²) in [5.74, 6) is -0.277. The number of carbonyl (C=O) groups is 1. The standard InChI is InChI=1S/C13H16N2O5/c1-19-12-7-6-9(15(17)18)8-11(12)13(16)14-20-10-4-2-3-5-10/h6-8,10H,2-5H2,1H3,(H,14,16). The molecule has 108 valence electrons. The molecule has 1 aromatic carbocycles.